The van der Waals surface area contributed by atoms with Crippen LogP contribution in [0.1, 0.15) is 117 Å². The molecule has 1 fully saturated rings. The molecule has 2 aromatic rings. The molecule has 0 spiro atoms. The number of nitrogens with zero attached hydrogens (tertiary/aromatic N) is 5. The third-order valence-corrected chi connectivity index (χ3v) is 13.1. The number of anilines is 1. The number of hydrogen-bond donors (Lipinski definition) is 9. The highest BCUT2D eigenvalue weighted by molar-refractivity contribution is 6.13. The van der Waals surface area contributed by atoms with Crippen LogP contribution >= 0.6 is 0 Å². The van der Waals surface area contributed by atoms with Gasteiger partial charge in [0.2, 0.25) is 29.5 Å². The van der Waals surface area contributed by atoms with Gasteiger partial charge in [-0.3, -0.25) is 38.5 Å². The van der Waals surface area contributed by atoms with Gasteiger partial charge < -0.3 is 72.0 Å². The second-order valence-electron chi connectivity index (χ2n) is 20.5. The fraction of sp³-hybridized carbons (Fsp3) is 0.698. The minimum absolute atomic E-state index is 0.000190. The van der Waals surface area contributed by atoms with Crippen molar-refractivity contribution in [1.29, 1.82) is 0 Å². The molecule has 11 N–H and O–H groups in total. The highest BCUT2D eigenvalue weighted by Crippen LogP contribution is 2.34. The van der Waals surface area contributed by atoms with E-state index in [1.807, 2.05) is 13.8 Å². The lowest BCUT2D eigenvalue weighted by molar-refractivity contribution is -0.192. The van der Waals surface area contributed by atoms with E-state index < -0.39 is 53.9 Å². The monoisotopic (exact) mass is 1180 g/mol. The Morgan fingerprint density at radius 1 is 0.735 bits per heavy atom. The van der Waals surface area contributed by atoms with Gasteiger partial charge in [-0.1, -0.05) is 27.2 Å². The molecule has 2 atom stereocenters. The molecule has 466 valence electrons. The maximum atomic E-state index is 13.7. The lowest BCUT2D eigenvalue weighted by Crippen LogP contribution is -2.55. The molecule has 4 rings (SSSR count). The van der Waals surface area contributed by atoms with Crippen molar-refractivity contribution in [2.75, 3.05) is 78.1 Å². The number of aromatic nitrogens is 4. The maximum Gasteiger partial charge on any atom is 0.490 e. The van der Waals surface area contributed by atoms with Crippen LogP contribution in [0.4, 0.5) is 23.8 Å². The fourth-order valence-corrected chi connectivity index (χ4v) is 8.71. The van der Waals surface area contributed by atoms with Crippen molar-refractivity contribution in [3.63, 3.8) is 0 Å². The van der Waals surface area contributed by atoms with E-state index in [0.29, 0.717) is 56.7 Å². The number of imide groups is 1. The van der Waals surface area contributed by atoms with E-state index in [4.69, 9.17) is 45.3 Å². The summed E-state index contributed by atoms with van der Waals surface area (Å²) < 4.78 is 56.4. The molecule has 2 aromatic heterocycles. The topological polar surface area (TPSA) is 382 Å². The zero-order valence-corrected chi connectivity index (χ0v) is 48.1. The summed E-state index contributed by atoms with van der Waals surface area (Å²) in [5.41, 5.74) is 12.9. The minimum atomic E-state index is -5.08. The molecule has 3 heterocycles. The Hall–Kier alpha value is -7.21. The van der Waals surface area contributed by atoms with Crippen LogP contribution in [0.2, 0.25) is 0 Å². The number of carbonyl (C=O) groups is 9. The molecular weight excluding hydrogens is 1100 g/mol. The Morgan fingerprint density at radius 3 is 1.86 bits per heavy atom. The number of aliphatic carboxylic acids is 1. The van der Waals surface area contributed by atoms with Crippen molar-refractivity contribution in [3.05, 3.63) is 18.0 Å². The summed E-state index contributed by atoms with van der Waals surface area (Å²) in [5, 5.41) is 32.2. The lowest BCUT2D eigenvalue weighted by Gasteiger charge is -2.30. The average molecular weight is 1180 g/mol. The number of alkyl halides is 3. The summed E-state index contributed by atoms with van der Waals surface area (Å²) in [6.07, 6.45) is 4.48. The molecule has 0 aromatic carbocycles. The number of urea groups is 1. The van der Waals surface area contributed by atoms with Crippen LogP contribution in [0.15, 0.2) is 12.2 Å². The van der Waals surface area contributed by atoms with Crippen LogP contribution in [0.5, 0.6) is 5.88 Å². The molecule has 1 aliphatic carbocycles. The molecule has 1 saturated carbocycles. The SMILES string of the molecule is CCCCc1nc2c(N)nnc(OC(C)C)c2n1CC1CCC(CNC(=O)[C@H](CCCNC(N)=O)NC(=O)[C@@H](NC(=O)CCCC(=O)NCCOCCOCCOCCNC(=O)CCN2C(=O)C=CC2=O)C(C)C)CC1.O=C(O)C(F)(F)F. The average Bonchev–Trinajstić information content (AvgIpc) is 2.37. The Morgan fingerprint density at radius 2 is 1.30 bits per heavy atom. The zero-order chi connectivity index (χ0) is 61.5. The third-order valence-electron chi connectivity index (χ3n) is 13.1. The molecule has 83 heavy (non-hydrogen) atoms. The van der Waals surface area contributed by atoms with E-state index in [2.05, 4.69) is 53.6 Å². The normalized spacial score (nSPS) is 15.8. The zero-order valence-electron chi connectivity index (χ0n) is 48.1. The van der Waals surface area contributed by atoms with Gasteiger partial charge in [0.1, 0.15) is 28.9 Å². The van der Waals surface area contributed by atoms with Gasteiger partial charge in [-0.2, -0.15) is 13.2 Å². The van der Waals surface area contributed by atoms with Crippen molar-refractivity contribution < 1.29 is 80.4 Å². The second-order valence-corrected chi connectivity index (χ2v) is 20.5. The highest BCUT2D eigenvalue weighted by atomic mass is 19.4. The van der Waals surface area contributed by atoms with Crippen molar-refractivity contribution in [3.8, 4) is 5.88 Å². The predicted molar refractivity (Wildman–Crippen MR) is 295 cm³/mol. The Bertz CT molecular complexity index is 2450. The molecular formula is C53H84F3N13O14. The summed E-state index contributed by atoms with van der Waals surface area (Å²) in [5.74, 6) is -3.58. The standard InChI is InChI=1S/C51H83N13O12.C2HF3O2/c1-6-7-11-38-59-45-46(50(76-34(4)5)62-61-47(45)52)64(38)32-36-16-14-35(15-17-36)31-57-48(70)37(10-9-21-56-51(53)72)58-49(71)44(33(2)3)60-41(67)13-8-12-39(65)54-22-25-73-27-29-75-30-28-74-26-23-55-40(66)20-24-63-42(68)18-19-43(63)69;3-2(4,5)1(6)7/h18-19,33-37,44H,6-17,20-32H2,1-5H3,(H2,52,61)(H,54,65)(H,55,66)(H,57,70)(H,58,71)(H,60,67)(H3,53,56,72);(H,6,7)/t35?,36?,37-,44-;/m0./s1. The number of carboxylic acids is 1. The van der Waals surface area contributed by atoms with Crippen LogP contribution in [0.3, 0.4) is 0 Å². The number of unbranched alkanes of at least 4 members (excludes halogenated alkanes) is 1. The van der Waals surface area contributed by atoms with Crippen molar-refractivity contribution >= 4 is 70.2 Å². The molecule has 0 bridgehead atoms. The van der Waals surface area contributed by atoms with Gasteiger partial charge in [0.15, 0.2) is 5.82 Å². The number of primary amides is 1. The molecule has 30 heteroatoms. The summed E-state index contributed by atoms with van der Waals surface area (Å²) in [6, 6.07) is -2.58. The number of nitrogens with two attached hydrogens (primary N) is 2. The molecule has 0 saturated heterocycles. The van der Waals surface area contributed by atoms with Gasteiger partial charge in [0, 0.05) is 77.1 Å². The number of aryl methyl sites for hydroxylation is 1. The maximum absolute atomic E-state index is 13.7. The second kappa shape index (κ2) is 37.1. The third kappa shape index (κ3) is 26.7. The van der Waals surface area contributed by atoms with Crippen LogP contribution in [0.25, 0.3) is 11.0 Å². The van der Waals surface area contributed by atoms with Crippen molar-refractivity contribution in [1.82, 2.24) is 56.5 Å². The summed E-state index contributed by atoms with van der Waals surface area (Å²) in [4.78, 5) is 114. The summed E-state index contributed by atoms with van der Waals surface area (Å²) in [6.45, 7) is 13.2. The Kier molecular flexibility index (Phi) is 31.3. The van der Waals surface area contributed by atoms with Gasteiger partial charge in [-0.05, 0) is 83.0 Å². The molecule has 9 amide bonds. The molecule has 0 unspecified atom stereocenters. The smallest absolute Gasteiger partial charge is 0.475 e. The number of nitrogens with one attached hydrogen (secondary N) is 6. The first-order valence-electron chi connectivity index (χ1n) is 28.1. The number of carboxylic acid groups (broad SMARTS) is 1. The quantitative estimate of drug-likeness (QED) is 0.0345. The van der Waals surface area contributed by atoms with Crippen molar-refractivity contribution in [2.24, 2.45) is 23.5 Å². The molecule has 0 radical (unpaired) electrons. The number of amides is 9. The van der Waals surface area contributed by atoms with Crippen LogP contribution < -0.4 is 48.1 Å². The molecule has 27 nitrogen and oxygen atoms in total. The number of hydrogen-bond acceptors (Lipinski definition) is 17. The first-order valence-corrected chi connectivity index (χ1v) is 28.1. The van der Waals surface area contributed by atoms with E-state index in [-0.39, 0.29) is 113 Å². The van der Waals surface area contributed by atoms with Crippen LogP contribution in [0, 0.1) is 17.8 Å². The van der Waals surface area contributed by atoms with E-state index in [0.717, 1.165) is 67.7 Å². The van der Waals surface area contributed by atoms with Crippen molar-refractivity contribution in [2.45, 2.75) is 149 Å². The number of ether oxygens (including phenoxy) is 4. The number of carbonyl (C=O) groups excluding carboxylic acids is 8. The summed E-state index contributed by atoms with van der Waals surface area (Å²) >= 11 is 0. The van der Waals surface area contributed by atoms with Gasteiger partial charge in [-0.25, -0.2) is 14.6 Å². The Labute approximate surface area is 480 Å². The van der Waals surface area contributed by atoms with E-state index in [1.54, 1.807) is 13.8 Å². The van der Waals surface area contributed by atoms with Gasteiger partial charge >= 0.3 is 18.2 Å². The van der Waals surface area contributed by atoms with Gasteiger partial charge in [0.05, 0.1) is 45.7 Å². The number of imidazole rings is 1. The van der Waals surface area contributed by atoms with Crippen LogP contribution in [-0.2, 0) is 65.5 Å². The Balaban J connectivity index is 0.00000241. The first kappa shape index (κ1) is 70.1. The first-order chi connectivity index (χ1) is 39.4. The molecule has 1 aliphatic heterocycles. The predicted octanol–water partition coefficient (Wildman–Crippen LogP) is 1.94. The summed E-state index contributed by atoms with van der Waals surface area (Å²) in [7, 11) is 0. The van der Waals surface area contributed by atoms with Crippen LogP contribution in [-0.4, -0.2) is 180 Å². The number of halogens is 3. The molecule has 2 aliphatic rings. The van der Waals surface area contributed by atoms with Gasteiger partial charge in [-0.15, -0.1) is 10.2 Å². The largest absolute Gasteiger partial charge is 0.490 e. The van der Waals surface area contributed by atoms with E-state index in [9.17, 15) is 51.5 Å². The minimum Gasteiger partial charge on any atom is -0.475 e. The number of rotatable bonds is 37. The van der Waals surface area contributed by atoms with Gasteiger partial charge in [0.25, 0.3) is 17.7 Å². The fourth-order valence-electron chi connectivity index (χ4n) is 8.71. The lowest BCUT2D eigenvalue weighted by atomic mass is 9.82. The highest BCUT2D eigenvalue weighted by Gasteiger charge is 2.38. The number of fused-ring (bicyclic) bond motifs is 1. The number of nitrogen functional groups attached to an aromatic ring is 1. The van der Waals surface area contributed by atoms with E-state index >= 15 is 0 Å². The van der Waals surface area contributed by atoms with E-state index in [1.165, 1.54) is 12.2 Å².